The Hall–Kier alpha value is -2.76. The smallest absolute Gasteiger partial charge is 0.387 e. The highest BCUT2D eigenvalue weighted by Crippen LogP contribution is 2.19. The van der Waals surface area contributed by atoms with Gasteiger partial charge in [-0.05, 0) is 42.3 Å². The topological polar surface area (TPSA) is 51.2 Å². The molecule has 1 atom stereocenters. The Labute approximate surface area is 132 Å². The highest BCUT2D eigenvalue weighted by Gasteiger charge is 2.09. The van der Waals surface area contributed by atoms with E-state index in [1.54, 1.807) is 43.6 Å². The van der Waals surface area contributed by atoms with Crippen LogP contribution in [0.5, 0.6) is 5.75 Å². The van der Waals surface area contributed by atoms with Crippen molar-refractivity contribution in [2.45, 2.75) is 19.6 Å². The van der Waals surface area contributed by atoms with Crippen molar-refractivity contribution in [2.24, 2.45) is 0 Å². The molecule has 4 nitrogen and oxygen atoms in total. The number of hydrogen-bond donors (Lipinski definition) is 1. The van der Waals surface area contributed by atoms with Gasteiger partial charge in [-0.3, -0.25) is 9.78 Å². The van der Waals surface area contributed by atoms with Gasteiger partial charge in [0.1, 0.15) is 5.75 Å². The van der Waals surface area contributed by atoms with E-state index in [-0.39, 0.29) is 17.7 Å². The zero-order chi connectivity index (χ0) is 16.7. The summed E-state index contributed by atoms with van der Waals surface area (Å²) >= 11 is 0. The third kappa shape index (κ3) is 5.50. The van der Waals surface area contributed by atoms with Crippen LogP contribution in [0, 0.1) is 0 Å². The molecule has 0 saturated heterocycles. The van der Waals surface area contributed by atoms with Crippen molar-refractivity contribution in [1.29, 1.82) is 0 Å². The number of nitrogens with one attached hydrogen (secondary N) is 1. The fraction of sp³-hybridized carbons (Fsp3) is 0.176. The molecule has 1 N–H and O–H groups in total. The molecule has 0 aliphatic heterocycles. The number of carbonyl (C=O) groups is 1. The van der Waals surface area contributed by atoms with Crippen LogP contribution >= 0.6 is 0 Å². The molecule has 1 unspecified atom stereocenters. The van der Waals surface area contributed by atoms with Gasteiger partial charge >= 0.3 is 6.61 Å². The van der Waals surface area contributed by atoms with E-state index in [2.05, 4.69) is 15.0 Å². The molecular weight excluding hydrogens is 302 g/mol. The normalized spacial score (nSPS) is 12.3. The van der Waals surface area contributed by atoms with Gasteiger partial charge in [0.25, 0.3) is 0 Å². The first-order valence-electron chi connectivity index (χ1n) is 6.98. The van der Waals surface area contributed by atoms with Gasteiger partial charge in [-0.15, -0.1) is 0 Å². The number of pyridine rings is 1. The summed E-state index contributed by atoms with van der Waals surface area (Å²) in [5.74, 6) is -0.173. The van der Waals surface area contributed by atoms with E-state index in [0.29, 0.717) is 0 Å². The molecule has 0 aliphatic rings. The van der Waals surface area contributed by atoms with Crippen LogP contribution in [0.2, 0.25) is 0 Å². The minimum atomic E-state index is -2.85. The minimum absolute atomic E-state index is 0.0822. The van der Waals surface area contributed by atoms with Crippen molar-refractivity contribution in [3.8, 4) is 5.75 Å². The lowest BCUT2D eigenvalue weighted by molar-refractivity contribution is -0.117. The first-order chi connectivity index (χ1) is 11.0. The van der Waals surface area contributed by atoms with Crippen LogP contribution in [0.15, 0.2) is 54.9 Å². The predicted molar refractivity (Wildman–Crippen MR) is 82.9 cm³/mol. The molecule has 23 heavy (non-hydrogen) atoms. The number of hydrogen-bond acceptors (Lipinski definition) is 3. The van der Waals surface area contributed by atoms with Crippen molar-refractivity contribution in [1.82, 2.24) is 10.3 Å². The Bertz CT molecular complexity index is 658. The molecular formula is C17H16F2N2O2. The second-order valence-electron chi connectivity index (χ2n) is 4.80. The summed E-state index contributed by atoms with van der Waals surface area (Å²) in [4.78, 5) is 15.8. The molecule has 120 valence electrons. The monoisotopic (exact) mass is 318 g/mol. The van der Waals surface area contributed by atoms with Crippen LogP contribution in [0.4, 0.5) is 8.78 Å². The molecule has 0 aliphatic carbocycles. The van der Waals surface area contributed by atoms with E-state index in [9.17, 15) is 13.6 Å². The van der Waals surface area contributed by atoms with E-state index in [4.69, 9.17) is 0 Å². The number of alkyl halides is 2. The number of halogens is 2. The van der Waals surface area contributed by atoms with E-state index in [0.717, 1.165) is 11.1 Å². The molecule has 0 saturated carbocycles. The first kappa shape index (κ1) is 16.6. The SMILES string of the molecule is CC(NC(=O)/C=C/c1cccnc1)c1ccc(OC(F)F)cc1. The van der Waals surface area contributed by atoms with Gasteiger partial charge in [-0.2, -0.15) is 8.78 Å². The van der Waals surface area contributed by atoms with Gasteiger partial charge < -0.3 is 10.1 Å². The molecule has 0 fully saturated rings. The molecule has 2 rings (SSSR count). The highest BCUT2D eigenvalue weighted by molar-refractivity contribution is 5.91. The third-order valence-corrected chi connectivity index (χ3v) is 3.08. The number of amides is 1. The Balaban J connectivity index is 1.91. The number of aromatic nitrogens is 1. The van der Waals surface area contributed by atoms with Crippen LogP contribution in [0.3, 0.4) is 0 Å². The predicted octanol–water partition coefficient (Wildman–Crippen LogP) is 3.57. The van der Waals surface area contributed by atoms with Crippen LogP contribution in [0.25, 0.3) is 6.08 Å². The van der Waals surface area contributed by atoms with Crippen LogP contribution in [-0.2, 0) is 4.79 Å². The van der Waals surface area contributed by atoms with Crippen LogP contribution in [-0.4, -0.2) is 17.5 Å². The average molecular weight is 318 g/mol. The van der Waals surface area contributed by atoms with Gasteiger partial charge in [0, 0.05) is 18.5 Å². The molecule has 0 spiro atoms. The lowest BCUT2D eigenvalue weighted by Gasteiger charge is -2.13. The number of benzene rings is 1. The fourth-order valence-corrected chi connectivity index (χ4v) is 1.93. The Kier molecular flexibility index (Phi) is 5.80. The molecule has 1 amide bonds. The molecule has 6 heteroatoms. The molecule has 1 aromatic carbocycles. The van der Waals surface area contributed by atoms with Crippen molar-refractivity contribution < 1.29 is 18.3 Å². The van der Waals surface area contributed by atoms with Crippen molar-refractivity contribution in [2.75, 3.05) is 0 Å². The van der Waals surface area contributed by atoms with Gasteiger partial charge in [0.2, 0.25) is 5.91 Å². The van der Waals surface area contributed by atoms with Crippen LogP contribution < -0.4 is 10.1 Å². The maximum absolute atomic E-state index is 12.1. The van der Waals surface area contributed by atoms with Crippen molar-refractivity contribution in [3.05, 3.63) is 66.0 Å². The summed E-state index contributed by atoms with van der Waals surface area (Å²) < 4.78 is 28.5. The third-order valence-electron chi connectivity index (χ3n) is 3.08. The van der Waals surface area contributed by atoms with Gasteiger partial charge in [-0.25, -0.2) is 0 Å². The van der Waals surface area contributed by atoms with E-state index in [1.165, 1.54) is 18.2 Å². The Morgan fingerprint density at radius 3 is 2.61 bits per heavy atom. The summed E-state index contributed by atoms with van der Waals surface area (Å²) in [7, 11) is 0. The number of nitrogens with zero attached hydrogens (tertiary/aromatic N) is 1. The van der Waals surface area contributed by atoms with E-state index in [1.807, 2.05) is 6.07 Å². The number of carbonyl (C=O) groups excluding carboxylic acids is 1. The minimum Gasteiger partial charge on any atom is -0.435 e. The molecule has 0 radical (unpaired) electrons. The lowest BCUT2D eigenvalue weighted by Crippen LogP contribution is -2.24. The maximum Gasteiger partial charge on any atom is 0.387 e. The molecule has 1 heterocycles. The van der Waals surface area contributed by atoms with Crippen molar-refractivity contribution >= 4 is 12.0 Å². The average Bonchev–Trinajstić information content (AvgIpc) is 2.54. The summed E-state index contributed by atoms with van der Waals surface area (Å²) in [6.07, 6.45) is 6.38. The van der Waals surface area contributed by atoms with Gasteiger partial charge in [0.05, 0.1) is 6.04 Å². The molecule has 2 aromatic rings. The summed E-state index contributed by atoms with van der Waals surface area (Å²) in [6, 6.07) is 9.50. The maximum atomic E-state index is 12.1. The van der Waals surface area contributed by atoms with E-state index >= 15 is 0 Å². The fourth-order valence-electron chi connectivity index (χ4n) is 1.93. The second kappa shape index (κ2) is 8.03. The number of rotatable bonds is 6. The quantitative estimate of drug-likeness (QED) is 0.828. The Morgan fingerprint density at radius 2 is 2.00 bits per heavy atom. The zero-order valence-corrected chi connectivity index (χ0v) is 12.4. The summed E-state index contributed by atoms with van der Waals surface area (Å²) in [5, 5.41) is 2.79. The van der Waals surface area contributed by atoms with Gasteiger partial charge in [-0.1, -0.05) is 18.2 Å². The molecule has 0 bridgehead atoms. The van der Waals surface area contributed by atoms with Crippen molar-refractivity contribution in [3.63, 3.8) is 0 Å². The zero-order valence-electron chi connectivity index (χ0n) is 12.4. The summed E-state index contributed by atoms with van der Waals surface area (Å²) in [6.45, 7) is -1.05. The highest BCUT2D eigenvalue weighted by atomic mass is 19.3. The van der Waals surface area contributed by atoms with Gasteiger partial charge in [0.15, 0.2) is 0 Å². The largest absolute Gasteiger partial charge is 0.435 e. The lowest BCUT2D eigenvalue weighted by atomic mass is 10.1. The number of ether oxygens (including phenoxy) is 1. The molecule has 1 aromatic heterocycles. The second-order valence-corrected chi connectivity index (χ2v) is 4.80. The van der Waals surface area contributed by atoms with E-state index < -0.39 is 6.61 Å². The Morgan fingerprint density at radius 1 is 1.26 bits per heavy atom. The van der Waals surface area contributed by atoms with Crippen LogP contribution in [0.1, 0.15) is 24.1 Å². The summed E-state index contributed by atoms with van der Waals surface area (Å²) in [5.41, 5.74) is 1.61. The first-order valence-corrected chi connectivity index (χ1v) is 6.98. The standard InChI is InChI=1S/C17H16F2N2O2/c1-12(14-5-7-15(8-6-14)23-17(18)19)21-16(22)9-4-13-3-2-10-20-11-13/h2-12,17H,1H3,(H,21,22)/b9-4+.